The molecule has 1 rings (SSSR count). The Labute approximate surface area is 117 Å². The van der Waals surface area contributed by atoms with Gasteiger partial charge in [-0.05, 0) is 32.8 Å². The topological polar surface area (TPSA) is 43.4 Å². The van der Waals surface area contributed by atoms with E-state index in [1.165, 1.54) is 12.7 Å². The number of aryl methyl sites for hydroxylation is 1. The van der Waals surface area contributed by atoms with Crippen molar-refractivity contribution in [3.63, 3.8) is 0 Å². The van der Waals surface area contributed by atoms with Crippen molar-refractivity contribution in [1.29, 1.82) is 0 Å². The number of esters is 1. The second-order valence-electron chi connectivity index (χ2n) is 5.40. The molecule has 0 amide bonds. The zero-order chi connectivity index (χ0) is 14.5. The van der Waals surface area contributed by atoms with E-state index < -0.39 is 16.2 Å². The van der Waals surface area contributed by atoms with Crippen molar-refractivity contribution < 1.29 is 13.7 Å². The summed E-state index contributed by atoms with van der Waals surface area (Å²) >= 11 is 0. The van der Waals surface area contributed by atoms with E-state index in [4.69, 9.17) is 4.74 Å². The molecule has 0 aromatic heterocycles. The van der Waals surface area contributed by atoms with Gasteiger partial charge in [0.05, 0.1) is 12.5 Å². The van der Waals surface area contributed by atoms with Crippen molar-refractivity contribution >= 4 is 16.8 Å². The molecule has 106 valence electrons. The molecule has 4 heteroatoms. The zero-order valence-electron chi connectivity index (χ0n) is 12.1. The molecule has 1 aromatic rings. The van der Waals surface area contributed by atoms with Gasteiger partial charge < -0.3 is 4.74 Å². The lowest BCUT2D eigenvalue weighted by atomic mass is 9.91. The number of carbonyl (C=O) groups excluding carboxylic acids is 1. The van der Waals surface area contributed by atoms with Crippen LogP contribution >= 0.6 is 0 Å². The highest BCUT2D eigenvalue weighted by atomic mass is 32.2. The maximum absolute atomic E-state index is 12.0. The minimum atomic E-state index is -0.950. The first-order valence-electron chi connectivity index (χ1n) is 6.34. The Morgan fingerprint density at radius 1 is 1.26 bits per heavy atom. The van der Waals surface area contributed by atoms with E-state index in [1.54, 1.807) is 0 Å². The van der Waals surface area contributed by atoms with Crippen LogP contribution in [0.4, 0.5) is 0 Å². The van der Waals surface area contributed by atoms with Crippen LogP contribution in [-0.2, 0) is 26.1 Å². The molecule has 0 spiro atoms. The summed E-state index contributed by atoms with van der Waals surface area (Å²) in [7, 11) is 0.432. The minimum absolute atomic E-state index is 0.250. The first-order chi connectivity index (χ1) is 8.85. The van der Waals surface area contributed by atoms with Crippen LogP contribution in [0.1, 0.15) is 31.4 Å². The number of rotatable bonds is 6. The van der Waals surface area contributed by atoms with E-state index in [9.17, 15) is 9.00 Å². The first kappa shape index (κ1) is 15.9. The Morgan fingerprint density at radius 3 is 2.37 bits per heavy atom. The number of methoxy groups -OCH3 is 1. The van der Waals surface area contributed by atoms with Crippen LogP contribution in [0.3, 0.4) is 0 Å². The molecule has 0 radical (unpaired) electrons. The van der Waals surface area contributed by atoms with Gasteiger partial charge in [-0.3, -0.25) is 9.00 Å². The van der Waals surface area contributed by atoms with Gasteiger partial charge in [-0.2, -0.15) is 0 Å². The van der Waals surface area contributed by atoms with E-state index in [2.05, 4.69) is 0 Å². The third kappa shape index (κ3) is 5.15. The Balaban J connectivity index is 2.48. The molecule has 1 aromatic carbocycles. The number of benzene rings is 1. The molecule has 0 N–H and O–H groups in total. The van der Waals surface area contributed by atoms with Crippen LogP contribution in [0.2, 0.25) is 0 Å². The fraction of sp³-hybridized carbons (Fsp3) is 0.533. The standard InChI is InChI=1S/C15H22O3S/c1-12-5-7-13(8-6-12)11-19(17)10-9-15(2,3)14(16)18-4/h5-8H,9-11H2,1-4H3. The second-order valence-corrected chi connectivity index (χ2v) is 6.98. The maximum atomic E-state index is 12.0. The Morgan fingerprint density at radius 2 is 1.84 bits per heavy atom. The fourth-order valence-corrected chi connectivity index (χ4v) is 3.14. The SMILES string of the molecule is COC(=O)C(C)(C)CCS(=O)Cc1ccc(C)cc1. The highest BCUT2D eigenvalue weighted by molar-refractivity contribution is 7.84. The number of hydrogen-bond donors (Lipinski definition) is 0. The van der Waals surface area contributed by atoms with E-state index in [0.717, 1.165) is 5.56 Å². The zero-order valence-corrected chi connectivity index (χ0v) is 12.9. The smallest absolute Gasteiger partial charge is 0.311 e. The number of hydrogen-bond acceptors (Lipinski definition) is 3. The summed E-state index contributed by atoms with van der Waals surface area (Å²) in [6.07, 6.45) is 0.568. The van der Waals surface area contributed by atoms with E-state index in [-0.39, 0.29) is 5.97 Å². The lowest BCUT2D eigenvalue weighted by molar-refractivity contribution is -0.150. The summed E-state index contributed by atoms with van der Waals surface area (Å²) in [4.78, 5) is 11.5. The molecule has 0 saturated heterocycles. The summed E-state index contributed by atoms with van der Waals surface area (Å²) in [5.41, 5.74) is 1.69. The van der Waals surface area contributed by atoms with Gasteiger partial charge in [-0.1, -0.05) is 29.8 Å². The molecule has 19 heavy (non-hydrogen) atoms. The first-order valence-corrected chi connectivity index (χ1v) is 7.83. The predicted molar refractivity (Wildman–Crippen MR) is 78.3 cm³/mol. The average Bonchev–Trinajstić information content (AvgIpc) is 2.38. The molecule has 1 unspecified atom stereocenters. The maximum Gasteiger partial charge on any atom is 0.311 e. The Bertz CT molecular complexity index is 449. The molecule has 0 bridgehead atoms. The number of carbonyl (C=O) groups is 1. The van der Waals surface area contributed by atoms with Gasteiger partial charge in [0.15, 0.2) is 0 Å². The summed E-state index contributed by atoms with van der Waals surface area (Å²) in [5, 5.41) is 0. The van der Waals surface area contributed by atoms with Crippen LogP contribution in [0.15, 0.2) is 24.3 Å². The third-order valence-electron chi connectivity index (χ3n) is 3.14. The molecule has 0 aliphatic heterocycles. The Hall–Kier alpha value is -1.16. The molecular formula is C15H22O3S. The van der Waals surface area contributed by atoms with Crippen LogP contribution < -0.4 is 0 Å². The van der Waals surface area contributed by atoms with E-state index in [1.807, 2.05) is 45.0 Å². The van der Waals surface area contributed by atoms with Crippen molar-refractivity contribution in [2.45, 2.75) is 32.9 Å². The van der Waals surface area contributed by atoms with Gasteiger partial charge in [0.25, 0.3) is 0 Å². The summed E-state index contributed by atoms with van der Waals surface area (Å²) in [6, 6.07) is 8.03. The largest absolute Gasteiger partial charge is 0.469 e. The van der Waals surface area contributed by atoms with Crippen LogP contribution in [0.5, 0.6) is 0 Å². The lowest BCUT2D eigenvalue weighted by Crippen LogP contribution is -2.27. The molecule has 3 nitrogen and oxygen atoms in total. The lowest BCUT2D eigenvalue weighted by Gasteiger charge is -2.20. The molecular weight excluding hydrogens is 260 g/mol. The second kappa shape index (κ2) is 6.85. The summed E-state index contributed by atoms with van der Waals surface area (Å²) in [6.45, 7) is 5.67. The van der Waals surface area contributed by atoms with Crippen molar-refractivity contribution in [2.24, 2.45) is 5.41 Å². The quantitative estimate of drug-likeness (QED) is 0.754. The molecule has 1 atom stereocenters. The van der Waals surface area contributed by atoms with Crippen molar-refractivity contribution in [3.8, 4) is 0 Å². The predicted octanol–water partition coefficient (Wildman–Crippen LogP) is 2.83. The van der Waals surface area contributed by atoms with E-state index in [0.29, 0.717) is 17.9 Å². The van der Waals surface area contributed by atoms with Gasteiger partial charge in [-0.25, -0.2) is 0 Å². The van der Waals surface area contributed by atoms with Crippen LogP contribution in [-0.4, -0.2) is 23.0 Å². The average molecular weight is 282 g/mol. The van der Waals surface area contributed by atoms with Gasteiger partial charge in [0.1, 0.15) is 0 Å². The monoisotopic (exact) mass is 282 g/mol. The Kier molecular flexibility index (Phi) is 5.73. The van der Waals surface area contributed by atoms with Crippen LogP contribution in [0.25, 0.3) is 0 Å². The minimum Gasteiger partial charge on any atom is -0.469 e. The van der Waals surface area contributed by atoms with Gasteiger partial charge in [-0.15, -0.1) is 0 Å². The molecule has 0 saturated carbocycles. The summed E-state index contributed by atoms with van der Waals surface area (Å²) in [5.74, 6) is 0.799. The van der Waals surface area contributed by atoms with Gasteiger partial charge in [0.2, 0.25) is 0 Å². The van der Waals surface area contributed by atoms with Gasteiger partial charge in [0, 0.05) is 22.3 Å². The van der Waals surface area contributed by atoms with E-state index >= 15 is 0 Å². The van der Waals surface area contributed by atoms with Crippen molar-refractivity contribution in [3.05, 3.63) is 35.4 Å². The normalized spacial score (nSPS) is 13.1. The van der Waals surface area contributed by atoms with Crippen LogP contribution in [0, 0.1) is 12.3 Å². The molecule has 0 heterocycles. The number of ether oxygens (including phenoxy) is 1. The molecule has 0 fully saturated rings. The fourth-order valence-electron chi connectivity index (χ4n) is 1.69. The summed E-state index contributed by atoms with van der Waals surface area (Å²) < 4.78 is 16.8. The van der Waals surface area contributed by atoms with Gasteiger partial charge >= 0.3 is 5.97 Å². The molecule has 0 aliphatic carbocycles. The highest BCUT2D eigenvalue weighted by Crippen LogP contribution is 2.22. The third-order valence-corrected chi connectivity index (χ3v) is 4.46. The highest BCUT2D eigenvalue weighted by Gasteiger charge is 2.28. The van der Waals surface area contributed by atoms with Crippen molar-refractivity contribution in [1.82, 2.24) is 0 Å². The molecule has 0 aliphatic rings. The van der Waals surface area contributed by atoms with Crippen molar-refractivity contribution in [2.75, 3.05) is 12.9 Å².